The SMILES string of the molecule is N#Cc1cnc(-c2ccc(OC(F)(F)F)cc2)[nH]1. The molecule has 0 spiro atoms. The predicted molar refractivity (Wildman–Crippen MR) is 55.4 cm³/mol. The molecule has 7 heteroatoms. The number of hydrogen-bond acceptors (Lipinski definition) is 3. The van der Waals surface area contributed by atoms with Crippen molar-refractivity contribution < 1.29 is 17.9 Å². The quantitative estimate of drug-likeness (QED) is 0.895. The van der Waals surface area contributed by atoms with E-state index in [9.17, 15) is 13.2 Å². The summed E-state index contributed by atoms with van der Waals surface area (Å²) in [6.07, 6.45) is -3.37. The Morgan fingerprint density at radius 3 is 2.39 bits per heavy atom. The van der Waals surface area contributed by atoms with E-state index in [1.54, 1.807) is 0 Å². The van der Waals surface area contributed by atoms with Crippen LogP contribution in [-0.2, 0) is 0 Å². The summed E-state index contributed by atoms with van der Waals surface area (Å²) in [6.45, 7) is 0. The topological polar surface area (TPSA) is 61.7 Å². The Labute approximate surface area is 99.6 Å². The second kappa shape index (κ2) is 4.41. The van der Waals surface area contributed by atoms with Crippen LogP contribution in [0.1, 0.15) is 5.69 Å². The average molecular weight is 253 g/mol. The lowest BCUT2D eigenvalue weighted by atomic mass is 10.2. The Hall–Kier alpha value is -2.49. The number of rotatable bonds is 2. The van der Waals surface area contributed by atoms with Crippen LogP contribution in [0, 0.1) is 11.3 Å². The zero-order valence-corrected chi connectivity index (χ0v) is 8.82. The number of hydrogen-bond donors (Lipinski definition) is 1. The number of ether oxygens (including phenoxy) is 1. The van der Waals surface area contributed by atoms with Crippen molar-refractivity contribution >= 4 is 0 Å². The molecule has 0 unspecified atom stereocenters. The van der Waals surface area contributed by atoms with Crippen LogP contribution in [0.15, 0.2) is 30.5 Å². The third kappa shape index (κ3) is 2.79. The van der Waals surface area contributed by atoms with Crippen molar-refractivity contribution in [3.8, 4) is 23.2 Å². The van der Waals surface area contributed by atoms with Crippen molar-refractivity contribution in [3.63, 3.8) is 0 Å². The van der Waals surface area contributed by atoms with E-state index in [0.717, 1.165) is 0 Å². The summed E-state index contributed by atoms with van der Waals surface area (Å²) in [5.41, 5.74) is 0.839. The number of nitriles is 1. The molecule has 0 bridgehead atoms. The van der Waals surface area contributed by atoms with E-state index in [1.807, 2.05) is 6.07 Å². The standard InChI is InChI=1S/C11H6F3N3O/c12-11(13,14)18-9-3-1-7(2-4-9)10-16-6-8(5-15)17-10/h1-4,6H,(H,16,17). The molecule has 0 saturated carbocycles. The summed E-state index contributed by atoms with van der Waals surface area (Å²) in [5, 5.41) is 8.60. The molecule has 1 N–H and O–H groups in total. The fraction of sp³-hybridized carbons (Fsp3) is 0.0909. The summed E-state index contributed by atoms with van der Waals surface area (Å²) < 4.78 is 39.5. The van der Waals surface area contributed by atoms with Gasteiger partial charge in [-0.05, 0) is 24.3 Å². The van der Waals surface area contributed by atoms with Gasteiger partial charge in [-0.2, -0.15) is 5.26 Å². The first-order valence-electron chi connectivity index (χ1n) is 4.79. The van der Waals surface area contributed by atoms with Crippen molar-refractivity contribution in [3.05, 3.63) is 36.2 Å². The van der Waals surface area contributed by atoms with Gasteiger partial charge in [0.15, 0.2) is 0 Å². The van der Waals surface area contributed by atoms with Crippen LogP contribution < -0.4 is 4.74 Å². The Morgan fingerprint density at radius 2 is 1.89 bits per heavy atom. The van der Waals surface area contributed by atoms with E-state index in [-0.39, 0.29) is 11.4 Å². The zero-order chi connectivity index (χ0) is 13.2. The van der Waals surface area contributed by atoms with Crippen LogP contribution in [-0.4, -0.2) is 16.3 Å². The molecule has 92 valence electrons. The summed E-state index contributed by atoms with van der Waals surface area (Å²) in [5.74, 6) is 0.100. The molecule has 2 rings (SSSR count). The number of alkyl halides is 3. The molecule has 0 fully saturated rings. The van der Waals surface area contributed by atoms with Crippen LogP contribution >= 0.6 is 0 Å². The molecule has 4 nitrogen and oxygen atoms in total. The first-order valence-corrected chi connectivity index (χ1v) is 4.79. The summed E-state index contributed by atoms with van der Waals surface area (Å²) in [7, 11) is 0. The number of aromatic nitrogens is 2. The van der Waals surface area contributed by atoms with E-state index >= 15 is 0 Å². The number of nitrogens with one attached hydrogen (secondary N) is 1. The van der Waals surface area contributed by atoms with Crippen LogP contribution in [0.25, 0.3) is 11.4 Å². The highest BCUT2D eigenvalue weighted by Crippen LogP contribution is 2.25. The molecule has 0 aliphatic rings. The fourth-order valence-electron chi connectivity index (χ4n) is 1.34. The van der Waals surface area contributed by atoms with Crippen molar-refractivity contribution in [2.75, 3.05) is 0 Å². The van der Waals surface area contributed by atoms with Crippen LogP contribution in [0.5, 0.6) is 5.75 Å². The van der Waals surface area contributed by atoms with Crippen LogP contribution in [0.3, 0.4) is 0 Å². The molecule has 1 heterocycles. The Balaban J connectivity index is 2.20. The largest absolute Gasteiger partial charge is 0.573 e. The number of benzene rings is 1. The predicted octanol–water partition coefficient (Wildman–Crippen LogP) is 2.85. The number of imidazole rings is 1. The smallest absolute Gasteiger partial charge is 0.406 e. The van der Waals surface area contributed by atoms with Gasteiger partial charge in [0.05, 0.1) is 6.20 Å². The zero-order valence-electron chi connectivity index (χ0n) is 8.82. The maximum absolute atomic E-state index is 11.9. The van der Waals surface area contributed by atoms with Gasteiger partial charge < -0.3 is 9.72 Å². The highest BCUT2D eigenvalue weighted by Gasteiger charge is 2.30. The van der Waals surface area contributed by atoms with Crippen molar-refractivity contribution in [1.29, 1.82) is 5.26 Å². The number of halogens is 3. The van der Waals surface area contributed by atoms with Gasteiger partial charge in [-0.1, -0.05) is 0 Å². The van der Waals surface area contributed by atoms with Crippen LogP contribution in [0.2, 0.25) is 0 Å². The molecule has 18 heavy (non-hydrogen) atoms. The first-order chi connectivity index (χ1) is 8.48. The van der Waals surface area contributed by atoms with Gasteiger partial charge in [0.2, 0.25) is 0 Å². The lowest BCUT2D eigenvalue weighted by molar-refractivity contribution is -0.274. The minimum atomic E-state index is -4.71. The highest BCUT2D eigenvalue weighted by molar-refractivity contribution is 5.57. The Bertz CT molecular complexity index is 581. The molecule has 1 aromatic carbocycles. The molecule has 1 aromatic heterocycles. The highest BCUT2D eigenvalue weighted by atomic mass is 19.4. The van der Waals surface area contributed by atoms with Gasteiger partial charge in [-0.15, -0.1) is 13.2 Å². The van der Waals surface area contributed by atoms with E-state index in [4.69, 9.17) is 5.26 Å². The monoisotopic (exact) mass is 253 g/mol. The molecular formula is C11H6F3N3O. The van der Waals surface area contributed by atoms with Crippen molar-refractivity contribution in [2.45, 2.75) is 6.36 Å². The fourth-order valence-corrected chi connectivity index (χ4v) is 1.34. The first kappa shape index (κ1) is 12.0. The van der Waals surface area contributed by atoms with Crippen molar-refractivity contribution in [2.24, 2.45) is 0 Å². The molecule has 0 aliphatic heterocycles. The Kier molecular flexibility index (Phi) is 2.93. The van der Waals surface area contributed by atoms with Crippen LogP contribution in [0.4, 0.5) is 13.2 Å². The molecule has 2 aromatic rings. The van der Waals surface area contributed by atoms with Gasteiger partial charge in [-0.3, -0.25) is 0 Å². The van der Waals surface area contributed by atoms with E-state index in [1.165, 1.54) is 30.5 Å². The minimum Gasteiger partial charge on any atom is -0.406 e. The second-order valence-electron chi connectivity index (χ2n) is 3.33. The number of aromatic amines is 1. The average Bonchev–Trinajstić information content (AvgIpc) is 2.76. The minimum absolute atomic E-state index is 0.278. The van der Waals surface area contributed by atoms with E-state index in [0.29, 0.717) is 11.4 Å². The molecule has 0 amide bonds. The van der Waals surface area contributed by atoms with Gasteiger partial charge in [0.1, 0.15) is 23.3 Å². The van der Waals surface area contributed by atoms with Gasteiger partial charge in [-0.25, -0.2) is 4.98 Å². The maximum atomic E-state index is 11.9. The van der Waals surface area contributed by atoms with Gasteiger partial charge in [0, 0.05) is 5.56 Å². The second-order valence-corrected chi connectivity index (χ2v) is 3.33. The third-order valence-corrected chi connectivity index (χ3v) is 2.06. The normalized spacial score (nSPS) is 11.0. The van der Waals surface area contributed by atoms with Crippen molar-refractivity contribution in [1.82, 2.24) is 9.97 Å². The summed E-state index contributed by atoms with van der Waals surface area (Å²) in [6, 6.07) is 7.06. The number of H-pyrrole nitrogens is 1. The maximum Gasteiger partial charge on any atom is 0.573 e. The number of nitrogens with zero attached hydrogens (tertiary/aromatic N) is 2. The van der Waals surface area contributed by atoms with Gasteiger partial charge in [0.25, 0.3) is 0 Å². The lowest BCUT2D eigenvalue weighted by Crippen LogP contribution is -2.16. The molecule has 0 radical (unpaired) electrons. The van der Waals surface area contributed by atoms with E-state index < -0.39 is 6.36 Å². The summed E-state index contributed by atoms with van der Waals surface area (Å²) >= 11 is 0. The third-order valence-electron chi connectivity index (χ3n) is 2.06. The van der Waals surface area contributed by atoms with Gasteiger partial charge >= 0.3 is 6.36 Å². The molecule has 0 aliphatic carbocycles. The molecule has 0 atom stereocenters. The Morgan fingerprint density at radius 1 is 1.22 bits per heavy atom. The van der Waals surface area contributed by atoms with E-state index in [2.05, 4.69) is 14.7 Å². The lowest BCUT2D eigenvalue weighted by Gasteiger charge is -2.08. The summed E-state index contributed by atoms with van der Waals surface area (Å²) in [4.78, 5) is 6.63. The molecule has 0 saturated heterocycles. The molecular weight excluding hydrogens is 247 g/mol.